The smallest absolute Gasteiger partial charge is 0.238 e. The van der Waals surface area contributed by atoms with Crippen LogP contribution >= 0.6 is 0 Å². The summed E-state index contributed by atoms with van der Waals surface area (Å²) in [6.45, 7) is 0. The maximum atomic E-state index is 12.7. The number of halogens is 2. The molecule has 0 atom stereocenters. The zero-order valence-electron chi connectivity index (χ0n) is 6.29. The maximum Gasteiger partial charge on any atom is 0.238 e. The topological polar surface area (TPSA) is 86.2 Å². The Morgan fingerprint density at radius 2 is 1.54 bits per heavy atom. The van der Waals surface area contributed by atoms with Crippen molar-refractivity contribution in [2.24, 2.45) is 5.14 Å². The summed E-state index contributed by atoms with van der Waals surface area (Å²) in [6.07, 6.45) is 0. The molecule has 72 valence electrons. The van der Waals surface area contributed by atoms with E-state index in [1.807, 2.05) is 0 Å². The van der Waals surface area contributed by atoms with E-state index in [4.69, 9.17) is 5.73 Å². The monoisotopic (exact) mass is 208 g/mol. The molecule has 0 aliphatic rings. The van der Waals surface area contributed by atoms with E-state index in [1.54, 1.807) is 0 Å². The molecule has 0 unspecified atom stereocenters. The van der Waals surface area contributed by atoms with E-state index < -0.39 is 32.2 Å². The van der Waals surface area contributed by atoms with Gasteiger partial charge in [0.15, 0.2) is 0 Å². The fourth-order valence-corrected chi connectivity index (χ4v) is 1.26. The number of hydrogen-bond donors (Lipinski definition) is 2. The zero-order chi connectivity index (χ0) is 10.2. The predicted molar refractivity (Wildman–Crippen MR) is 42.1 cm³/mol. The van der Waals surface area contributed by atoms with Crippen LogP contribution in [0.3, 0.4) is 0 Å². The Bertz CT molecular complexity index is 421. The Hall–Kier alpha value is -1.21. The van der Waals surface area contributed by atoms with Gasteiger partial charge in [-0.2, -0.15) is 0 Å². The van der Waals surface area contributed by atoms with Gasteiger partial charge >= 0.3 is 0 Å². The van der Waals surface area contributed by atoms with Crippen LogP contribution in [0.2, 0.25) is 0 Å². The SMILES string of the molecule is Nc1c(F)cc(S(N)(=O)=O)cc1F. The molecular weight excluding hydrogens is 202 g/mol. The number of nitrogen functional groups attached to an aromatic ring is 1. The molecule has 1 rings (SSSR count). The third-order valence-corrected chi connectivity index (χ3v) is 2.27. The molecule has 0 bridgehead atoms. The lowest BCUT2D eigenvalue weighted by Gasteiger charge is -2.01. The van der Waals surface area contributed by atoms with Gasteiger partial charge in [0.05, 0.1) is 4.90 Å². The predicted octanol–water partition coefficient (Wildman–Crippen LogP) is 0.194. The van der Waals surface area contributed by atoms with Gasteiger partial charge in [-0.15, -0.1) is 0 Å². The first-order valence-electron chi connectivity index (χ1n) is 3.09. The summed E-state index contributed by atoms with van der Waals surface area (Å²) in [5.74, 6) is -2.30. The number of benzene rings is 1. The summed E-state index contributed by atoms with van der Waals surface area (Å²) in [4.78, 5) is -0.642. The van der Waals surface area contributed by atoms with Gasteiger partial charge in [-0.05, 0) is 12.1 Å². The first kappa shape index (κ1) is 9.87. The first-order chi connectivity index (χ1) is 5.82. The van der Waals surface area contributed by atoms with E-state index in [-0.39, 0.29) is 0 Å². The van der Waals surface area contributed by atoms with Crippen LogP contribution < -0.4 is 10.9 Å². The lowest BCUT2D eigenvalue weighted by molar-refractivity contribution is 0.573. The van der Waals surface area contributed by atoms with Crippen molar-refractivity contribution in [3.05, 3.63) is 23.8 Å². The third-order valence-electron chi connectivity index (χ3n) is 1.38. The molecule has 0 radical (unpaired) electrons. The van der Waals surface area contributed by atoms with Crippen molar-refractivity contribution in [2.45, 2.75) is 4.90 Å². The van der Waals surface area contributed by atoms with Gasteiger partial charge in [-0.25, -0.2) is 22.3 Å². The van der Waals surface area contributed by atoms with Crippen LogP contribution in [0.4, 0.5) is 14.5 Å². The minimum Gasteiger partial charge on any atom is -0.394 e. The summed E-state index contributed by atoms with van der Waals surface area (Å²) in [7, 11) is -4.10. The third kappa shape index (κ3) is 1.93. The molecule has 4 N–H and O–H groups in total. The fraction of sp³-hybridized carbons (Fsp3) is 0. The summed E-state index contributed by atoms with van der Waals surface area (Å²) >= 11 is 0. The van der Waals surface area contributed by atoms with E-state index in [1.165, 1.54) is 0 Å². The second-order valence-electron chi connectivity index (χ2n) is 2.35. The van der Waals surface area contributed by atoms with Crippen LogP contribution in [-0.4, -0.2) is 8.42 Å². The van der Waals surface area contributed by atoms with Crippen molar-refractivity contribution in [3.63, 3.8) is 0 Å². The lowest BCUT2D eigenvalue weighted by atomic mass is 10.3. The molecule has 0 aromatic heterocycles. The Kier molecular flexibility index (Phi) is 2.22. The molecule has 13 heavy (non-hydrogen) atoms. The molecule has 0 amide bonds. The molecule has 0 heterocycles. The lowest BCUT2D eigenvalue weighted by Crippen LogP contribution is -2.13. The molecule has 0 aliphatic heterocycles. The summed E-state index contributed by atoms with van der Waals surface area (Å²) < 4.78 is 46.7. The van der Waals surface area contributed by atoms with Gasteiger partial charge in [-0.3, -0.25) is 0 Å². The van der Waals surface area contributed by atoms with Crippen LogP contribution in [0, 0.1) is 11.6 Å². The number of rotatable bonds is 1. The molecular formula is C6H6F2N2O2S. The highest BCUT2D eigenvalue weighted by Gasteiger charge is 2.14. The van der Waals surface area contributed by atoms with Gasteiger partial charge in [-0.1, -0.05) is 0 Å². The molecule has 0 aliphatic carbocycles. The van der Waals surface area contributed by atoms with Gasteiger partial charge in [0.2, 0.25) is 10.0 Å². The van der Waals surface area contributed by atoms with Crippen molar-refractivity contribution in [3.8, 4) is 0 Å². The number of nitrogens with two attached hydrogens (primary N) is 2. The van der Waals surface area contributed by atoms with Gasteiger partial charge in [0.1, 0.15) is 17.3 Å². The summed E-state index contributed by atoms with van der Waals surface area (Å²) in [5, 5.41) is 4.64. The first-order valence-corrected chi connectivity index (χ1v) is 4.64. The van der Waals surface area contributed by atoms with Gasteiger partial charge < -0.3 is 5.73 Å². The highest BCUT2D eigenvalue weighted by atomic mass is 32.2. The minimum absolute atomic E-state index is 0.563. The fourth-order valence-electron chi connectivity index (χ4n) is 0.725. The minimum atomic E-state index is -4.10. The molecule has 0 fully saturated rings. The summed E-state index contributed by atoms with van der Waals surface area (Å²) in [5.41, 5.74) is 4.18. The Labute approximate surface area is 73.2 Å². The molecule has 7 heteroatoms. The van der Waals surface area contributed by atoms with Gasteiger partial charge in [0, 0.05) is 0 Å². The molecule has 4 nitrogen and oxygen atoms in total. The van der Waals surface area contributed by atoms with Crippen LogP contribution in [0.25, 0.3) is 0 Å². The van der Waals surface area contributed by atoms with E-state index in [0.717, 1.165) is 0 Å². The molecule has 1 aromatic rings. The average Bonchev–Trinajstić information content (AvgIpc) is 1.97. The Morgan fingerprint density at radius 1 is 1.15 bits per heavy atom. The average molecular weight is 208 g/mol. The van der Waals surface area contributed by atoms with Crippen molar-refractivity contribution in [1.29, 1.82) is 0 Å². The van der Waals surface area contributed by atoms with E-state index >= 15 is 0 Å². The quantitative estimate of drug-likeness (QED) is 0.646. The van der Waals surface area contributed by atoms with E-state index in [0.29, 0.717) is 12.1 Å². The second kappa shape index (κ2) is 2.93. The molecule has 0 saturated carbocycles. The van der Waals surface area contributed by atoms with Crippen molar-refractivity contribution in [1.82, 2.24) is 0 Å². The van der Waals surface area contributed by atoms with E-state index in [2.05, 4.69) is 5.14 Å². The highest BCUT2D eigenvalue weighted by Crippen LogP contribution is 2.19. The van der Waals surface area contributed by atoms with Gasteiger partial charge in [0.25, 0.3) is 0 Å². The highest BCUT2D eigenvalue weighted by molar-refractivity contribution is 7.89. The van der Waals surface area contributed by atoms with E-state index in [9.17, 15) is 17.2 Å². The van der Waals surface area contributed by atoms with Crippen LogP contribution in [0.15, 0.2) is 17.0 Å². The van der Waals surface area contributed by atoms with Crippen molar-refractivity contribution >= 4 is 15.7 Å². The Balaban J connectivity index is 3.47. The van der Waals surface area contributed by atoms with Crippen LogP contribution in [-0.2, 0) is 10.0 Å². The van der Waals surface area contributed by atoms with Crippen molar-refractivity contribution < 1.29 is 17.2 Å². The van der Waals surface area contributed by atoms with Crippen LogP contribution in [0.5, 0.6) is 0 Å². The summed E-state index contributed by atoms with van der Waals surface area (Å²) in [6, 6.07) is 1.13. The molecule has 1 aromatic carbocycles. The Morgan fingerprint density at radius 3 is 1.85 bits per heavy atom. The largest absolute Gasteiger partial charge is 0.394 e. The molecule has 0 saturated heterocycles. The normalized spacial score (nSPS) is 11.6. The maximum absolute atomic E-state index is 12.7. The standard InChI is InChI=1S/C6H6F2N2O2S/c7-4-1-3(13(10,11)12)2-5(8)6(4)9/h1-2H,9H2,(H2,10,11,12). The van der Waals surface area contributed by atoms with Crippen molar-refractivity contribution in [2.75, 3.05) is 5.73 Å². The number of hydrogen-bond acceptors (Lipinski definition) is 3. The second-order valence-corrected chi connectivity index (χ2v) is 3.91. The number of anilines is 1. The van der Waals surface area contributed by atoms with Crippen LogP contribution in [0.1, 0.15) is 0 Å². The number of sulfonamides is 1. The molecule has 0 spiro atoms. The zero-order valence-corrected chi connectivity index (χ0v) is 7.11. The number of primary sulfonamides is 1.